The lowest BCUT2D eigenvalue weighted by Gasteiger charge is -2.17. The van der Waals surface area contributed by atoms with E-state index in [0.29, 0.717) is 11.8 Å². The van der Waals surface area contributed by atoms with Gasteiger partial charge in [0, 0.05) is 13.1 Å². The lowest BCUT2D eigenvalue weighted by molar-refractivity contribution is -0.143. The molecule has 1 aliphatic heterocycles. The molecule has 4 nitrogen and oxygen atoms in total. The number of likely N-dealkylation sites (tertiary alicyclic amines) is 1. The molecule has 1 N–H and O–H groups in total. The van der Waals surface area contributed by atoms with Crippen molar-refractivity contribution >= 4 is 11.9 Å². The van der Waals surface area contributed by atoms with Crippen LogP contribution in [0, 0.1) is 11.8 Å². The second-order valence-electron chi connectivity index (χ2n) is 4.33. The number of amides is 1. The molecule has 82 valence electrons. The zero-order valence-corrected chi connectivity index (χ0v) is 8.56. The summed E-state index contributed by atoms with van der Waals surface area (Å²) >= 11 is 0. The van der Waals surface area contributed by atoms with Crippen LogP contribution in [0.5, 0.6) is 0 Å². The van der Waals surface area contributed by atoms with Crippen molar-refractivity contribution in [3.8, 4) is 0 Å². The van der Waals surface area contributed by atoms with E-state index in [0.717, 1.165) is 25.9 Å². The summed E-state index contributed by atoms with van der Waals surface area (Å²) in [6.45, 7) is 1.47. The minimum Gasteiger partial charge on any atom is -0.481 e. The second kappa shape index (κ2) is 4.04. The van der Waals surface area contributed by atoms with E-state index in [2.05, 4.69) is 12.2 Å². The Balaban J connectivity index is 1.92. The van der Waals surface area contributed by atoms with Crippen molar-refractivity contribution in [1.29, 1.82) is 0 Å². The van der Waals surface area contributed by atoms with Gasteiger partial charge < -0.3 is 10.0 Å². The first kappa shape index (κ1) is 10.2. The molecule has 2 rings (SSSR count). The topological polar surface area (TPSA) is 57.6 Å². The highest BCUT2D eigenvalue weighted by atomic mass is 16.4. The lowest BCUT2D eigenvalue weighted by atomic mass is 9.86. The predicted molar refractivity (Wildman–Crippen MR) is 54.2 cm³/mol. The molecule has 0 bridgehead atoms. The maximum atomic E-state index is 11.5. The Bertz CT molecular complexity index is 295. The number of allylic oxidation sites excluding steroid dienone is 2. The van der Waals surface area contributed by atoms with Crippen LogP contribution in [0.1, 0.15) is 19.3 Å². The van der Waals surface area contributed by atoms with Crippen LogP contribution in [0.2, 0.25) is 0 Å². The van der Waals surface area contributed by atoms with Crippen LogP contribution in [0.3, 0.4) is 0 Å². The molecule has 0 aromatic heterocycles. The van der Waals surface area contributed by atoms with Crippen LogP contribution in [-0.4, -0.2) is 35.0 Å². The first-order chi connectivity index (χ1) is 7.16. The third kappa shape index (κ3) is 2.19. The van der Waals surface area contributed by atoms with Crippen LogP contribution in [0.25, 0.3) is 0 Å². The molecule has 15 heavy (non-hydrogen) atoms. The molecule has 2 aliphatic rings. The lowest BCUT2D eigenvalue weighted by Crippen LogP contribution is -2.30. The molecule has 1 amide bonds. The molecule has 0 spiro atoms. The van der Waals surface area contributed by atoms with E-state index in [1.165, 1.54) is 0 Å². The smallest absolute Gasteiger partial charge is 0.312 e. The van der Waals surface area contributed by atoms with Crippen molar-refractivity contribution in [3.63, 3.8) is 0 Å². The molecule has 4 heteroatoms. The third-order valence-electron chi connectivity index (χ3n) is 3.28. The zero-order valence-electron chi connectivity index (χ0n) is 8.56. The Kier molecular flexibility index (Phi) is 2.75. The van der Waals surface area contributed by atoms with E-state index < -0.39 is 5.97 Å². The molecule has 1 aliphatic carbocycles. The molecule has 0 saturated carbocycles. The number of carboxylic acid groups (broad SMARTS) is 1. The van der Waals surface area contributed by atoms with Gasteiger partial charge in [0.05, 0.1) is 0 Å². The van der Waals surface area contributed by atoms with Gasteiger partial charge in [-0.05, 0) is 24.7 Å². The van der Waals surface area contributed by atoms with Crippen LogP contribution < -0.4 is 0 Å². The molecule has 2 atom stereocenters. The minimum atomic E-state index is -1.03. The van der Waals surface area contributed by atoms with Crippen LogP contribution in [-0.2, 0) is 9.59 Å². The largest absolute Gasteiger partial charge is 0.481 e. The Labute approximate surface area is 88.6 Å². The normalized spacial score (nSPS) is 28.9. The van der Waals surface area contributed by atoms with Crippen LogP contribution in [0.15, 0.2) is 12.2 Å². The molecule has 0 aromatic carbocycles. The summed E-state index contributed by atoms with van der Waals surface area (Å²) in [6, 6.07) is 0. The minimum absolute atomic E-state index is 0.239. The van der Waals surface area contributed by atoms with E-state index in [1.807, 2.05) is 0 Å². The highest BCUT2D eigenvalue weighted by Crippen LogP contribution is 2.32. The summed E-state index contributed by atoms with van der Waals surface area (Å²) in [7, 11) is 0. The third-order valence-corrected chi connectivity index (χ3v) is 3.28. The fraction of sp³-hybridized carbons (Fsp3) is 0.636. The number of rotatable bonds is 2. The fourth-order valence-electron chi connectivity index (χ4n) is 2.46. The number of carboxylic acids is 1. The molecule has 0 radical (unpaired) electrons. The summed E-state index contributed by atoms with van der Waals surface area (Å²) in [4.78, 5) is 23.6. The van der Waals surface area contributed by atoms with Crippen molar-refractivity contribution in [1.82, 2.24) is 4.90 Å². The van der Waals surface area contributed by atoms with Gasteiger partial charge in [-0.2, -0.15) is 0 Å². The van der Waals surface area contributed by atoms with Gasteiger partial charge in [0.25, 0.3) is 0 Å². The Morgan fingerprint density at radius 1 is 1.20 bits per heavy atom. The van der Waals surface area contributed by atoms with E-state index >= 15 is 0 Å². The van der Waals surface area contributed by atoms with Crippen LogP contribution in [0.4, 0.5) is 0 Å². The standard InChI is InChI=1S/C11H15NO3/c13-10(5-11(14)15)12-6-8-3-1-2-4-9(8)7-12/h1-2,8-9H,3-7H2,(H,14,15). The second-order valence-corrected chi connectivity index (χ2v) is 4.33. The van der Waals surface area contributed by atoms with Gasteiger partial charge >= 0.3 is 5.97 Å². The number of carbonyl (C=O) groups is 2. The first-order valence-corrected chi connectivity index (χ1v) is 5.31. The van der Waals surface area contributed by atoms with E-state index in [1.54, 1.807) is 4.90 Å². The number of carbonyl (C=O) groups excluding carboxylic acids is 1. The first-order valence-electron chi connectivity index (χ1n) is 5.31. The summed E-state index contributed by atoms with van der Waals surface area (Å²) in [5.41, 5.74) is 0. The molecular formula is C11H15NO3. The number of nitrogens with zero attached hydrogens (tertiary/aromatic N) is 1. The molecule has 0 aromatic rings. The number of fused-ring (bicyclic) bond motifs is 1. The van der Waals surface area contributed by atoms with E-state index in [4.69, 9.17) is 5.11 Å². The molecule has 1 saturated heterocycles. The SMILES string of the molecule is O=C(O)CC(=O)N1CC2CC=CCC2C1. The van der Waals surface area contributed by atoms with Gasteiger partial charge in [0.2, 0.25) is 5.91 Å². The summed E-state index contributed by atoms with van der Waals surface area (Å²) in [5, 5.41) is 8.54. The number of hydrogen-bond acceptors (Lipinski definition) is 2. The maximum Gasteiger partial charge on any atom is 0.312 e. The quantitative estimate of drug-likeness (QED) is 0.542. The van der Waals surface area contributed by atoms with Crippen molar-refractivity contribution in [2.45, 2.75) is 19.3 Å². The van der Waals surface area contributed by atoms with Crippen molar-refractivity contribution in [2.24, 2.45) is 11.8 Å². The van der Waals surface area contributed by atoms with Gasteiger partial charge in [-0.25, -0.2) is 0 Å². The molecule has 2 unspecified atom stereocenters. The zero-order chi connectivity index (χ0) is 10.8. The van der Waals surface area contributed by atoms with Gasteiger partial charge in [-0.1, -0.05) is 12.2 Å². The van der Waals surface area contributed by atoms with Gasteiger partial charge in [0.1, 0.15) is 6.42 Å². The van der Waals surface area contributed by atoms with Crippen molar-refractivity contribution < 1.29 is 14.7 Å². The van der Waals surface area contributed by atoms with E-state index in [9.17, 15) is 9.59 Å². The van der Waals surface area contributed by atoms with Gasteiger partial charge in [-0.15, -0.1) is 0 Å². The van der Waals surface area contributed by atoms with Gasteiger partial charge in [-0.3, -0.25) is 9.59 Å². The fourth-order valence-corrected chi connectivity index (χ4v) is 2.46. The Morgan fingerprint density at radius 3 is 2.20 bits per heavy atom. The predicted octanol–water partition coefficient (Wildman–Crippen LogP) is 0.886. The summed E-state index contributed by atoms with van der Waals surface area (Å²) in [6.07, 6.45) is 6.01. The number of hydrogen-bond donors (Lipinski definition) is 1. The van der Waals surface area contributed by atoms with Crippen LogP contribution >= 0.6 is 0 Å². The summed E-state index contributed by atoms with van der Waals surface area (Å²) < 4.78 is 0. The average molecular weight is 209 g/mol. The monoisotopic (exact) mass is 209 g/mol. The molecular weight excluding hydrogens is 194 g/mol. The summed E-state index contributed by atoms with van der Waals surface area (Å²) in [5.74, 6) is -0.176. The number of aliphatic carboxylic acids is 1. The van der Waals surface area contributed by atoms with E-state index in [-0.39, 0.29) is 12.3 Å². The highest BCUT2D eigenvalue weighted by Gasteiger charge is 2.35. The van der Waals surface area contributed by atoms with Crippen molar-refractivity contribution in [3.05, 3.63) is 12.2 Å². The molecule has 1 heterocycles. The van der Waals surface area contributed by atoms with Gasteiger partial charge in [0.15, 0.2) is 0 Å². The highest BCUT2D eigenvalue weighted by molar-refractivity contribution is 5.93. The average Bonchev–Trinajstić information content (AvgIpc) is 2.59. The Hall–Kier alpha value is -1.32. The maximum absolute atomic E-state index is 11.5. The van der Waals surface area contributed by atoms with Crippen molar-refractivity contribution in [2.75, 3.05) is 13.1 Å². The molecule has 1 fully saturated rings. The Morgan fingerprint density at radius 2 is 1.73 bits per heavy atom.